The van der Waals surface area contributed by atoms with Crippen molar-refractivity contribution in [3.05, 3.63) is 0 Å². The zero-order chi connectivity index (χ0) is 12.8. The molecule has 5 heteroatoms. The number of hydrogen-bond acceptors (Lipinski definition) is 4. The highest BCUT2D eigenvalue weighted by molar-refractivity contribution is 6.59. The third kappa shape index (κ3) is 3.76. The molecule has 1 atom stereocenters. The number of carbonyl (C=O) groups excluding carboxylic acids is 2. The van der Waals surface area contributed by atoms with Crippen LogP contribution in [-0.4, -0.2) is 29.7 Å². The molecule has 1 saturated carbocycles. The van der Waals surface area contributed by atoms with Crippen LogP contribution in [0.25, 0.3) is 0 Å². The maximum atomic E-state index is 11.5. The summed E-state index contributed by atoms with van der Waals surface area (Å²) in [5.74, 6) is -0.516. The monoisotopic (exact) mass is 237 g/mol. The van der Waals surface area contributed by atoms with E-state index >= 15 is 0 Å². The molecular formula is C12H19N3O2. The highest BCUT2D eigenvalue weighted by Crippen LogP contribution is 2.26. The van der Waals surface area contributed by atoms with Gasteiger partial charge >= 0.3 is 0 Å². The summed E-state index contributed by atoms with van der Waals surface area (Å²) in [5, 5.41) is 16.6. The Morgan fingerprint density at radius 1 is 1.29 bits per heavy atom. The predicted octanol–water partition coefficient (Wildman–Crippen LogP) is 1.31. The maximum Gasteiger partial charge on any atom is 0.271 e. The standard InChI is InChI=1S/C12H19N3O2/c1-8(16)11(9-5-3-2-4-6-9)15-12(17)10(14)7-13/h7,9,11,13-14H,2-6H2,1H3,(H,15,17). The van der Waals surface area contributed by atoms with E-state index in [1.807, 2.05) is 0 Å². The molecule has 3 N–H and O–H groups in total. The van der Waals surface area contributed by atoms with Gasteiger partial charge in [-0.25, -0.2) is 0 Å². The molecule has 17 heavy (non-hydrogen) atoms. The number of amides is 1. The van der Waals surface area contributed by atoms with Gasteiger partial charge in [0.25, 0.3) is 5.91 Å². The van der Waals surface area contributed by atoms with Gasteiger partial charge in [-0.1, -0.05) is 19.3 Å². The van der Waals surface area contributed by atoms with E-state index in [0.717, 1.165) is 25.7 Å². The van der Waals surface area contributed by atoms with Crippen LogP contribution in [0.1, 0.15) is 39.0 Å². The molecule has 1 unspecified atom stereocenters. The van der Waals surface area contributed by atoms with Crippen molar-refractivity contribution in [1.29, 1.82) is 10.8 Å². The average Bonchev–Trinajstić information content (AvgIpc) is 2.35. The molecule has 0 aromatic heterocycles. The fourth-order valence-corrected chi connectivity index (χ4v) is 2.30. The van der Waals surface area contributed by atoms with Crippen molar-refractivity contribution in [1.82, 2.24) is 5.32 Å². The van der Waals surface area contributed by atoms with Gasteiger partial charge < -0.3 is 10.7 Å². The van der Waals surface area contributed by atoms with E-state index in [9.17, 15) is 9.59 Å². The summed E-state index contributed by atoms with van der Waals surface area (Å²) in [6, 6.07) is -0.497. The third-order valence-electron chi connectivity index (χ3n) is 3.23. The molecule has 0 spiro atoms. The molecule has 1 rings (SSSR count). The highest BCUT2D eigenvalue weighted by Gasteiger charge is 2.28. The molecule has 1 fully saturated rings. The first kappa shape index (κ1) is 13.5. The lowest BCUT2D eigenvalue weighted by atomic mass is 9.82. The van der Waals surface area contributed by atoms with E-state index in [2.05, 4.69) is 5.32 Å². The first-order valence-electron chi connectivity index (χ1n) is 5.96. The molecule has 0 aromatic rings. The number of Topliss-reactive ketones (excluding diaryl/α,β-unsaturated/α-hetero) is 1. The van der Waals surface area contributed by atoms with Gasteiger partial charge in [0.1, 0.15) is 5.71 Å². The van der Waals surface area contributed by atoms with Crippen LogP contribution >= 0.6 is 0 Å². The van der Waals surface area contributed by atoms with Gasteiger partial charge in [0.05, 0.1) is 6.04 Å². The van der Waals surface area contributed by atoms with Crippen LogP contribution in [0.2, 0.25) is 0 Å². The Hall–Kier alpha value is -1.52. The third-order valence-corrected chi connectivity index (χ3v) is 3.23. The van der Waals surface area contributed by atoms with Gasteiger partial charge in [0.15, 0.2) is 5.78 Å². The van der Waals surface area contributed by atoms with Crippen LogP contribution in [0.15, 0.2) is 0 Å². The second-order valence-corrected chi connectivity index (χ2v) is 4.52. The van der Waals surface area contributed by atoms with E-state index < -0.39 is 17.7 Å². The Balaban J connectivity index is 2.65. The molecule has 0 heterocycles. The quantitative estimate of drug-likeness (QED) is 0.629. The number of rotatable bonds is 5. The van der Waals surface area contributed by atoms with Gasteiger partial charge in [0.2, 0.25) is 0 Å². The Morgan fingerprint density at radius 3 is 2.35 bits per heavy atom. The smallest absolute Gasteiger partial charge is 0.271 e. The minimum atomic E-state index is -0.634. The molecule has 0 aliphatic heterocycles. The van der Waals surface area contributed by atoms with E-state index in [-0.39, 0.29) is 11.7 Å². The van der Waals surface area contributed by atoms with Crippen LogP contribution < -0.4 is 5.32 Å². The first-order chi connectivity index (χ1) is 8.06. The molecule has 1 aliphatic rings. The topological polar surface area (TPSA) is 93.9 Å². The van der Waals surface area contributed by atoms with Crippen LogP contribution in [0.3, 0.4) is 0 Å². The lowest BCUT2D eigenvalue weighted by Gasteiger charge is -2.29. The molecule has 0 radical (unpaired) electrons. The number of carbonyl (C=O) groups is 2. The minimum Gasteiger partial charge on any atom is -0.341 e. The second-order valence-electron chi connectivity index (χ2n) is 4.52. The van der Waals surface area contributed by atoms with E-state index in [0.29, 0.717) is 6.21 Å². The Bertz CT molecular complexity index is 333. The van der Waals surface area contributed by atoms with Crippen molar-refractivity contribution < 1.29 is 9.59 Å². The fourth-order valence-electron chi connectivity index (χ4n) is 2.30. The number of hydrogen-bond donors (Lipinski definition) is 3. The molecule has 1 amide bonds. The minimum absolute atomic E-state index is 0.0666. The maximum absolute atomic E-state index is 11.5. The lowest BCUT2D eigenvalue weighted by molar-refractivity contribution is -0.125. The predicted molar refractivity (Wildman–Crippen MR) is 65.7 cm³/mol. The SMILES string of the molecule is CC(=O)C(NC(=O)C(=N)C=N)C1CCCCC1. The van der Waals surface area contributed by atoms with Gasteiger partial charge in [-0.3, -0.25) is 15.0 Å². The highest BCUT2D eigenvalue weighted by atomic mass is 16.2. The van der Waals surface area contributed by atoms with Gasteiger partial charge in [-0.2, -0.15) is 0 Å². The molecule has 94 valence electrons. The second kappa shape index (κ2) is 6.27. The molecular weight excluding hydrogens is 218 g/mol. The zero-order valence-corrected chi connectivity index (χ0v) is 10.1. The van der Waals surface area contributed by atoms with Crippen LogP contribution in [0.4, 0.5) is 0 Å². The summed E-state index contributed by atoms with van der Waals surface area (Å²) in [4.78, 5) is 23.0. The molecule has 0 aromatic carbocycles. The first-order valence-corrected chi connectivity index (χ1v) is 5.96. The van der Waals surface area contributed by atoms with E-state index in [1.165, 1.54) is 13.3 Å². The van der Waals surface area contributed by atoms with Crippen molar-refractivity contribution in [3.63, 3.8) is 0 Å². The summed E-state index contributed by atoms with van der Waals surface area (Å²) in [6.07, 6.45) is 5.95. The summed E-state index contributed by atoms with van der Waals surface area (Å²) in [7, 11) is 0. The summed E-state index contributed by atoms with van der Waals surface area (Å²) >= 11 is 0. The Labute approximate surface area is 101 Å². The fraction of sp³-hybridized carbons (Fsp3) is 0.667. The van der Waals surface area contributed by atoms with Crippen LogP contribution in [0.5, 0.6) is 0 Å². The van der Waals surface area contributed by atoms with Gasteiger partial charge in [0, 0.05) is 6.21 Å². The van der Waals surface area contributed by atoms with Gasteiger partial charge in [-0.15, -0.1) is 0 Å². The van der Waals surface area contributed by atoms with Crippen molar-refractivity contribution >= 4 is 23.6 Å². The van der Waals surface area contributed by atoms with Crippen LogP contribution in [0, 0.1) is 16.7 Å². The summed E-state index contributed by atoms with van der Waals surface area (Å²) < 4.78 is 0. The molecule has 0 saturated heterocycles. The largest absolute Gasteiger partial charge is 0.341 e. The summed E-state index contributed by atoms with van der Waals surface area (Å²) in [5.41, 5.74) is -0.410. The van der Waals surface area contributed by atoms with Crippen molar-refractivity contribution in [3.8, 4) is 0 Å². The Kier molecular flexibility index (Phi) is 5.00. The van der Waals surface area contributed by atoms with E-state index in [4.69, 9.17) is 10.8 Å². The van der Waals surface area contributed by atoms with E-state index in [1.54, 1.807) is 0 Å². The lowest BCUT2D eigenvalue weighted by Crippen LogP contribution is -2.48. The van der Waals surface area contributed by atoms with Crippen molar-refractivity contribution in [2.75, 3.05) is 0 Å². The summed E-state index contributed by atoms with van der Waals surface area (Å²) in [6.45, 7) is 1.47. The molecule has 0 bridgehead atoms. The number of nitrogens with one attached hydrogen (secondary N) is 3. The normalized spacial score (nSPS) is 18.2. The van der Waals surface area contributed by atoms with Crippen molar-refractivity contribution in [2.24, 2.45) is 5.92 Å². The van der Waals surface area contributed by atoms with Crippen molar-refractivity contribution in [2.45, 2.75) is 45.1 Å². The Morgan fingerprint density at radius 2 is 1.88 bits per heavy atom. The molecule has 1 aliphatic carbocycles. The molecule has 5 nitrogen and oxygen atoms in total. The average molecular weight is 237 g/mol. The van der Waals surface area contributed by atoms with Gasteiger partial charge in [-0.05, 0) is 25.7 Å². The zero-order valence-electron chi connectivity index (χ0n) is 10.1. The number of ketones is 1. The van der Waals surface area contributed by atoms with Crippen LogP contribution in [-0.2, 0) is 9.59 Å².